The Morgan fingerprint density at radius 3 is 2.32 bits per heavy atom. The molecule has 8 heteroatoms. The number of nitro benzene ring substituents is 2. The summed E-state index contributed by atoms with van der Waals surface area (Å²) >= 11 is 0. The topological polar surface area (TPSA) is 126 Å². The predicted molar refractivity (Wildman–Crippen MR) is 62.3 cm³/mol. The number of benzene rings is 1. The molecule has 0 aliphatic heterocycles. The second-order valence-electron chi connectivity index (χ2n) is 3.91. The maximum Gasteiger partial charge on any atom is 0.279 e. The van der Waals surface area contributed by atoms with Gasteiger partial charge in [0.25, 0.3) is 11.4 Å². The van der Waals surface area contributed by atoms with Crippen LogP contribution in [-0.2, 0) is 11.2 Å². The van der Waals surface area contributed by atoms with E-state index in [1.807, 2.05) is 0 Å². The van der Waals surface area contributed by atoms with Gasteiger partial charge < -0.3 is 9.90 Å². The van der Waals surface area contributed by atoms with Gasteiger partial charge in [-0.25, -0.2) is 0 Å². The second kappa shape index (κ2) is 6.43. The number of non-ortho nitro benzene ring substituents is 1. The lowest BCUT2D eigenvalue weighted by atomic mass is 10.0. The number of aliphatic carboxylic acids is 1. The van der Waals surface area contributed by atoms with Crippen LogP contribution in [0.25, 0.3) is 0 Å². The molecule has 8 nitrogen and oxygen atoms in total. The predicted octanol–water partition coefficient (Wildman–Crippen LogP) is 0.966. The van der Waals surface area contributed by atoms with Gasteiger partial charge in [0.1, 0.15) is 0 Å². The van der Waals surface area contributed by atoms with Crippen LogP contribution in [-0.4, -0.2) is 15.8 Å². The fraction of sp³-hybridized carbons (Fsp3) is 0.364. The summed E-state index contributed by atoms with van der Waals surface area (Å²) in [5, 5.41) is 31.6. The molecule has 0 aliphatic carbocycles. The third kappa shape index (κ3) is 4.34. The number of unbranched alkanes of at least 4 members (excludes halogenated alkanes) is 1. The van der Waals surface area contributed by atoms with Crippen LogP contribution in [0.15, 0.2) is 18.2 Å². The number of hydrogen-bond acceptors (Lipinski definition) is 6. The van der Waals surface area contributed by atoms with Crippen LogP contribution >= 0.6 is 0 Å². The van der Waals surface area contributed by atoms with Gasteiger partial charge in [-0.1, -0.05) is 0 Å². The Morgan fingerprint density at radius 1 is 1.11 bits per heavy atom. The number of carboxylic acids is 1. The molecule has 0 spiro atoms. The molecule has 1 aromatic rings. The van der Waals surface area contributed by atoms with Gasteiger partial charge in [-0.15, -0.1) is 0 Å². The van der Waals surface area contributed by atoms with Crippen molar-refractivity contribution in [1.82, 2.24) is 0 Å². The molecule has 0 saturated carbocycles. The summed E-state index contributed by atoms with van der Waals surface area (Å²) in [5.74, 6) is -1.17. The first kappa shape index (κ1) is 14.6. The summed E-state index contributed by atoms with van der Waals surface area (Å²) in [6.45, 7) is 0. The normalized spacial score (nSPS) is 10.1. The molecular formula is C11H11N2O6-. The Balaban J connectivity index is 2.79. The molecule has 1 aromatic carbocycles. The number of nitrogens with zero attached hydrogens (tertiary/aromatic N) is 2. The summed E-state index contributed by atoms with van der Waals surface area (Å²) in [4.78, 5) is 30.2. The molecule has 0 atom stereocenters. The average Bonchev–Trinajstić information content (AvgIpc) is 2.34. The summed E-state index contributed by atoms with van der Waals surface area (Å²) in [6, 6.07) is 3.43. The second-order valence-corrected chi connectivity index (χ2v) is 3.91. The largest absolute Gasteiger partial charge is 0.550 e. The minimum atomic E-state index is -1.17. The molecule has 102 valence electrons. The zero-order chi connectivity index (χ0) is 14.4. The molecule has 0 heterocycles. The van der Waals surface area contributed by atoms with E-state index in [1.54, 1.807) is 0 Å². The number of hydrogen-bond donors (Lipinski definition) is 0. The SMILES string of the molecule is O=C([O-])CCCCc1ccc([N+](=O)[O-])cc1[N+](=O)[O-]. The maximum atomic E-state index is 10.8. The van der Waals surface area contributed by atoms with Crippen LogP contribution in [0.5, 0.6) is 0 Å². The van der Waals surface area contributed by atoms with Crippen molar-refractivity contribution >= 4 is 17.3 Å². The van der Waals surface area contributed by atoms with Crippen molar-refractivity contribution in [2.75, 3.05) is 0 Å². The molecule has 0 radical (unpaired) electrons. The highest BCUT2D eigenvalue weighted by Crippen LogP contribution is 2.25. The van der Waals surface area contributed by atoms with Crippen LogP contribution in [0.3, 0.4) is 0 Å². The van der Waals surface area contributed by atoms with Crippen LogP contribution in [0.1, 0.15) is 24.8 Å². The van der Waals surface area contributed by atoms with E-state index in [2.05, 4.69) is 0 Å². The Morgan fingerprint density at radius 2 is 1.79 bits per heavy atom. The quantitative estimate of drug-likeness (QED) is 0.411. The minimum absolute atomic E-state index is 0.110. The first-order valence-corrected chi connectivity index (χ1v) is 5.53. The van der Waals surface area contributed by atoms with E-state index in [1.165, 1.54) is 12.1 Å². The lowest BCUT2D eigenvalue weighted by Crippen LogP contribution is -2.21. The van der Waals surface area contributed by atoms with Crippen molar-refractivity contribution in [1.29, 1.82) is 0 Å². The standard InChI is InChI=1S/C11H12N2O6/c14-11(15)4-2-1-3-8-5-6-9(12(16)17)7-10(8)13(18)19/h5-7H,1-4H2,(H,14,15)/p-1. The van der Waals surface area contributed by atoms with Crippen molar-refractivity contribution < 1.29 is 19.7 Å². The first-order chi connectivity index (χ1) is 8.91. The van der Waals surface area contributed by atoms with Gasteiger partial charge in [0.15, 0.2) is 0 Å². The van der Waals surface area contributed by atoms with Crippen LogP contribution in [0.2, 0.25) is 0 Å². The lowest BCUT2D eigenvalue weighted by Gasteiger charge is -2.04. The Kier molecular flexibility index (Phi) is 4.92. The molecule has 0 N–H and O–H groups in total. The molecule has 0 saturated heterocycles. The fourth-order valence-electron chi connectivity index (χ4n) is 1.63. The number of rotatable bonds is 7. The average molecular weight is 267 g/mol. The summed E-state index contributed by atoms with van der Waals surface area (Å²) in [6.07, 6.45) is 0.964. The third-order valence-electron chi connectivity index (χ3n) is 2.55. The van der Waals surface area contributed by atoms with Crippen LogP contribution < -0.4 is 5.11 Å². The molecule has 0 amide bonds. The smallest absolute Gasteiger partial charge is 0.279 e. The van der Waals surface area contributed by atoms with Crippen molar-refractivity contribution in [3.05, 3.63) is 44.0 Å². The monoisotopic (exact) mass is 267 g/mol. The molecule has 0 aromatic heterocycles. The molecular weight excluding hydrogens is 256 g/mol. The maximum absolute atomic E-state index is 10.8. The van der Waals surface area contributed by atoms with E-state index in [4.69, 9.17) is 0 Å². The zero-order valence-corrected chi connectivity index (χ0v) is 9.90. The Hall–Kier alpha value is -2.51. The fourth-order valence-corrected chi connectivity index (χ4v) is 1.63. The number of carbonyl (C=O) groups is 1. The highest BCUT2D eigenvalue weighted by Gasteiger charge is 2.18. The summed E-state index contributed by atoms with van der Waals surface area (Å²) < 4.78 is 0. The number of aryl methyl sites for hydroxylation is 1. The van der Waals surface area contributed by atoms with E-state index >= 15 is 0 Å². The Labute approximate surface area is 108 Å². The highest BCUT2D eigenvalue weighted by molar-refractivity contribution is 5.64. The molecule has 19 heavy (non-hydrogen) atoms. The number of carbonyl (C=O) groups excluding carboxylic acids is 1. The van der Waals surface area contributed by atoms with E-state index < -0.39 is 15.8 Å². The van der Waals surface area contributed by atoms with Crippen molar-refractivity contribution in [3.63, 3.8) is 0 Å². The van der Waals surface area contributed by atoms with Crippen LogP contribution in [0, 0.1) is 20.2 Å². The van der Waals surface area contributed by atoms with Gasteiger partial charge in [0.2, 0.25) is 0 Å². The van der Waals surface area contributed by atoms with E-state index in [-0.39, 0.29) is 17.8 Å². The lowest BCUT2D eigenvalue weighted by molar-refractivity contribution is -0.394. The van der Waals surface area contributed by atoms with Gasteiger partial charge in [-0.05, 0) is 31.7 Å². The molecule has 0 bridgehead atoms. The van der Waals surface area contributed by atoms with Gasteiger partial charge in [-0.2, -0.15) is 0 Å². The number of carboxylic acid groups (broad SMARTS) is 1. The Bertz CT molecular complexity index is 514. The molecule has 0 unspecified atom stereocenters. The molecule has 1 rings (SSSR count). The summed E-state index contributed by atoms with van der Waals surface area (Å²) in [7, 11) is 0. The van der Waals surface area contributed by atoms with Gasteiger partial charge in [-0.3, -0.25) is 20.2 Å². The third-order valence-corrected chi connectivity index (χ3v) is 2.55. The van der Waals surface area contributed by atoms with E-state index in [0.717, 1.165) is 6.07 Å². The van der Waals surface area contributed by atoms with Crippen LogP contribution in [0.4, 0.5) is 11.4 Å². The molecule has 0 aliphatic rings. The van der Waals surface area contributed by atoms with Crippen molar-refractivity contribution in [2.45, 2.75) is 25.7 Å². The van der Waals surface area contributed by atoms with E-state index in [9.17, 15) is 30.1 Å². The van der Waals surface area contributed by atoms with Gasteiger partial charge in [0.05, 0.1) is 15.9 Å². The van der Waals surface area contributed by atoms with E-state index in [0.29, 0.717) is 24.8 Å². The molecule has 0 fully saturated rings. The van der Waals surface area contributed by atoms with Gasteiger partial charge in [0, 0.05) is 17.6 Å². The highest BCUT2D eigenvalue weighted by atomic mass is 16.6. The minimum Gasteiger partial charge on any atom is -0.550 e. The van der Waals surface area contributed by atoms with Gasteiger partial charge >= 0.3 is 0 Å². The summed E-state index contributed by atoms with van der Waals surface area (Å²) in [5.41, 5.74) is -0.304. The van der Waals surface area contributed by atoms with Crippen molar-refractivity contribution in [3.8, 4) is 0 Å². The number of nitro groups is 2. The van der Waals surface area contributed by atoms with Crippen molar-refractivity contribution in [2.24, 2.45) is 0 Å². The first-order valence-electron chi connectivity index (χ1n) is 5.53. The zero-order valence-electron chi connectivity index (χ0n) is 9.90.